The molecule has 0 aliphatic carbocycles. The predicted molar refractivity (Wildman–Crippen MR) is 64.9 cm³/mol. The number of rotatable bonds is 5. The number of halogens is 1. The molecule has 0 radical (unpaired) electrons. The number of nitrogens with one attached hydrogen (secondary N) is 1. The molecular formula is C12H18FN3O. The fourth-order valence-electron chi connectivity index (χ4n) is 1.65. The zero-order valence-corrected chi connectivity index (χ0v) is 10.2. The maximum Gasteiger partial charge on any atom is 0.233 e. The molecule has 0 aliphatic heterocycles. The van der Waals surface area contributed by atoms with E-state index >= 15 is 0 Å². The number of anilines is 1. The van der Waals surface area contributed by atoms with Crippen LogP contribution in [0.25, 0.3) is 0 Å². The van der Waals surface area contributed by atoms with Gasteiger partial charge in [0.05, 0.1) is 11.6 Å². The molecule has 1 rings (SSSR count). The molecule has 0 atom stereocenters. The average Bonchev–Trinajstić information content (AvgIpc) is 2.35. The quantitative estimate of drug-likeness (QED) is 0.825. The smallest absolute Gasteiger partial charge is 0.233 e. The molecule has 1 amide bonds. The molecule has 0 unspecified atom stereocenters. The van der Waals surface area contributed by atoms with E-state index in [1.54, 1.807) is 0 Å². The molecule has 0 saturated carbocycles. The molecule has 5 heteroatoms. The lowest BCUT2D eigenvalue weighted by atomic mass is 9.81. The molecule has 3 N–H and O–H groups in total. The predicted octanol–water partition coefficient (Wildman–Crippen LogP) is 1.92. The number of amides is 1. The van der Waals surface area contributed by atoms with Gasteiger partial charge in [-0.1, -0.05) is 13.8 Å². The summed E-state index contributed by atoms with van der Waals surface area (Å²) >= 11 is 0. The van der Waals surface area contributed by atoms with Crippen LogP contribution in [0, 0.1) is 11.2 Å². The van der Waals surface area contributed by atoms with Gasteiger partial charge in [-0.3, -0.25) is 4.79 Å². The van der Waals surface area contributed by atoms with Crippen LogP contribution >= 0.6 is 0 Å². The van der Waals surface area contributed by atoms with Crippen LogP contribution in [0.4, 0.5) is 10.2 Å². The van der Waals surface area contributed by atoms with Crippen LogP contribution < -0.4 is 11.1 Å². The van der Waals surface area contributed by atoms with Crippen LogP contribution in [0.2, 0.25) is 0 Å². The number of hydrogen-bond donors (Lipinski definition) is 2. The average molecular weight is 239 g/mol. The van der Waals surface area contributed by atoms with Gasteiger partial charge in [0.1, 0.15) is 11.6 Å². The summed E-state index contributed by atoms with van der Waals surface area (Å²) < 4.78 is 12.7. The molecule has 0 fully saturated rings. The van der Waals surface area contributed by atoms with E-state index in [4.69, 9.17) is 5.73 Å². The van der Waals surface area contributed by atoms with Crippen molar-refractivity contribution in [1.82, 2.24) is 4.98 Å². The summed E-state index contributed by atoms with van der Waals surface area (Å²) in [5, 5.41) is 2.67. The van der Waals surface area contributed by atoms with Crippen molar-refractivity contribution in [2.75, 3.05) is 11.9 Å². The third kappa shape index (κ3) is 3.00. The van der Waals surface area contributed by atoms with Crippen molar-refractivity contribution >= 4 is 11.7 Å². The topological polar surface area (TPSA) is 68.0 Å². The van der Waals surface area contributed by atoms with Gasteiger partial charge in [0, 0.05) is 6.54 Å². The van der Waals surface area contributed by atoms with E-state index in [0.717, 1.165) is 6.20 Å². The second-order valence-electron chi connectivity index (χ2n) is 4.01. The highest BCUT2D eigenvalue weighted by Gasteiger charge is 2.33. The summed E-state index contributed by atoms with van der Waals surface area (Å²) in [4.78, 5) is 15.9. The van der Waals surface area contributed by atoms with Crippen LogP contribution in [-0.4, -0.2) is 17.4 Å². The Hall–Kier alpha value is -1.49. The summed E-state index contributed by atoms with van der Waals surface area (Å²) in [5.74, 6) is -0.251. The van der Waals surface area contributed by atoms with Gasteiger partial charge in [-0.2, -0.15) is 0 Å². The standard InChI is InChI=1S/C12H18FN3O/c1-3-12(4-2,8-14)11(17)16-10-6-5-9(13)7-15-10/h5-7H,3-4,8,14H2,1-2H3,(H,15,16,17). The first kappa shape index (κ1) is 13.6. The Balaban J connectivity index is 2.80. The van der Waals surface area contributed by atoms with Gasteiger partial charge in [-0.25, -0.2) is 9.37 Å². The highest BCUT2D eigenvalue weighted by molar-refractivity contribution is 5.94. The van der Waals surface area contributed by atoms with Gasteiger partial charge in [0.25, 0.3) is 0 Å². The molecule has 1 heterocycles. The molecule has 0 aromatic carbocycles. The van der Waals surface area contributed by atoms with Gasteiger partial charge >= 0.3 is 0 Å². The second-order valence-corrected chi connectivity index (χ2v) is 4.01. The van der Waals surface area contributed by atoms with Gasteiger partial charge in [0.15, 0.2) is 0 Å². The van der Waals surface area contributed by atoms with E-state index in [-0.39, 0.29) is 12.5 Å². The third-order valence-electron chi connectivity index (χ3n) is 3.19. The molecule has 17 heavy (non-hydrogen) atoms. The Labute approximate surface area is 100 Å². The van der Waals surface area contributed by atoms with Gasteiger partial charge in [-0.05, 0) is 25.0 Å². The van der Waals surface area contributed by atoms with Crippen molar-refractivity contribution in [3.63, 3.8) is 0 Å². The van der Waals surface area contributed by atoms with E-state index in [2.05, 4.69) is 10.3 Å². The number of nitrogens with zero attached hydrogens (tertiary/aromatic N) is 1. The van der Waals surface area contributed by atoms with Gasteiger partial charge in [0.2, 0.25) is 5.91 Å². The summed E-state index contributed by atoms with van der Waals surface area (Å²) in [7, 11) is 0. The van der Waals surface area contributed by atoms with E-state index in [9.17, 15) is 9.18 Å². The highest BCUT2D eigenvalue weighted by atomic mass is 19.1. The molecule has 1 aromatic heterocycles. The number of pyridine rings is 1. The van der Waals surface area contributed by atoms with E-state index < -0.39 is 11.2 Å². The van der Waals surface area contributed by atoms with Crippen LogP contribution in [0.3, 0.4) is 0 Å². The Bertz CT molecular complexity index is 366. The molecule has 0 aliphatic rings. The van der Waals surface area contributed by atoms with Crippen molar-refractivity contribution in [1.29, 1.82) is 0 Å². The number of hydrogen-bond acceptors (Lipinski definition) is 3. The zero-order chi connectivity index (χ0) is 12.9. The minimum atomic E-state index is -0.573. The lowest BCUT2D eigenvalue weighted by molar-refractivity contribution is -0.125. The molecule has 4 nitrogen and oxygen atoms in total. The summed E-state index contributed by atoms with van der Waals surface area (Å²) in [6, 6.07) is 2.68. The normalized spacial score (nSPS) is 11.3. The maximum atomic E-state index is 12.7. The van der Waals surface area contributed by atoms with Crippen molar-refractivity contribution in [2.45, 2.75) is 26.7 Å². The van der Waals surface area contributed by atoms with Crippen LogP contribution in [0.1, 0.15) is 26.7 Å². The maximum absolute atomic E-state index is 12.7. The van der Waals surface area contributed by atoms with Gasteiger partial charge < -0.3 is 11.1 Å². The molecule has 0 spiro atoms. The van der Waals surface area contributed by atoms with E-state index in [1.165, 1.54) is 12.1 Å². The summed E-state index contributed by atoms with van der Waals surface area (Å²) in [6.07, 6.45) is 2.39. The first-order valence-electron chi connectivity index (χ1n) is 5.71. The van der Waals surface area contributed by atoms with Crippen molar-refractivity contribution in [3.8, 4) is 0 Å². The van der Waals surface area contributed by atoms with Crippen LogP contribution in [0.15, 0.2) is 18.3 Å². The molecule has 94 valence electrons. The van der Waals surface area contributed by atoms with Crippen molar-refractivity contribution in [3.05, 3.63) is 24.1 Å². The van der Waals surface area contributed by atoms with Crippen molar-refractivity contribution in [2.24, 2.45) is 11.1 Å². The third-order valence-corrected chi connectivity index (χ3v) is 3.19. The SMILES string of the molecule is CCC(CC)(CN)C(=O)Nc1ccc(F)cn1. The molecular weight excluding hydrogens is 221 g/mol. The first-order valence-corrected chi connectivity index (χ1v) is 5.71. The number of nitrogens with two attached hydrogens (primary N) is 1. The summed E-state index contributed by atoms with van der Waals surface area (Å²) in [6.45, 7) is 4.13. The fourth-order valence-corrected chi connectivity index (χ4v) is 1.65. The Morgan fingerprint density at radius 2 is 2.12 bits per heavy atom. The Morgan fingerprint density at radius 3 is 2.53 bits per heavy atom. The van der Waals surface area contributed by atoms with Crippen LogP contribution in [0.5, 0.6) is 0 Å². The molecule has 1 aromatic rings. The minimum Gasteiger partial charge on any atom is -0.329 e. The lowest BCUT2D eigenvalue weighted by Crippen LogP contribution is -2.41. The molecule has 0 saturated heterocycles. The number of carbonyl (C=O) groups excluding carboxylic acids is 1. The first-order chi connectivity index (χ1) is 8.07. The fraction of sp³-hybridized carbons (Fsp3) is 0.500. The Morgan fingerprint density at radius 1 is 1.47 bits per heavy atom. The highest BCUT2D eigenvalue weighted by Crippen LogP contribution is 2.26. The Kier molecular flexibility index (Phi) is 4.57. The number of aromatic nitrogens is 1. The lowest BCUT2D eigenvalue weighted by Gasteiger charge is -2.28. The monoisotopic (exact) mass is 239 g/mol. The summed E-state index contributed by atoms with van der Waals surface area (Å²) in [5.41, 5.74) is 5.09. The van der Waals surface area contributed by atoms with Gasteiger partial charge in [-0.15, -0.1) is 0 Å². The zero-order valence-electron chi connectivity index (χ0n) is 10.2. The van der Waals surface area contributed by atoms with Crippen molar-refractivity contribution < 1.29 is 9.18 Å². The number of carbonyl (C=O) groups is 1. The van der Waals surface area contributed by atoms with Crippen LogP contribution in [-0.2, 0) is 4.79 Å². The van der Waals surface area contributed by atoms with E-state index in [1.807, 2.05) is 13.8 Å². The second kappa shape index (κ2) is 5.72. The van der Waals surface area contributed by atoms with E-state index in [0.29, 0.717) is 18.7 Å². The minimum absolute atomic E-state index is 0.163. The molecule has 0 bridgehead atoms. The largest absolute Gasteiger partial charge is 0.329 e.